The van der Waals surface area contributed by atoms with Gasteiger partial charge in [-0.3, -0.25) is 4.84 Å². The predicted octanol–water partition coefficient (Wildman–Crippen LogP) is 7.82. The Morgan fingerprint density at radius 2 is 0.938 bits per heavy atom. The summed E-state index contributed by atoms with van der Waals surface area (Å²) in [5.41, 5.74) is 8.39. The van der Waals surface area contributed by atoms with E-state index in [9.17, 15) is 0 Å². The Kier molecular flexibility index (Phi) is 15.2. The lowest BCUT2D eigenvalue weighted by Crippen LogP contribution is -2.62. The van der Waals surface area contributed by atoms with Crippen molar-refractivity contribution in [3.63, 3.8) is 0 Å². The molecule has 5 aromatic rings. The minimum Gasteiger partial charge on any atom is -0.374 e. The van der Waals surface area contributed by atoms with Crippen LogP contribution in [0.5, 0.6) is 0 Å². The first-order valence-corrected chi connectivity index (χ1v) is 22.4. The van der Waals surface area contributed by atoms with Crippen LogP contribution in [0.15, 0.2) is 152 Å². The lowest BCUT2D eigenvalue weighted by Gasteiger charge is -2.46. The molecular formula is C52H59NO11. The van der Waals surface area contributed by atoms with E-state index in [0.29, 0.717) is 39.5 Å². The number of hydrogen-bond acceptors (Lipinski definition) is 12. The van der Waals surface area contributed by atoms with Gasteiger partial charge in [-0.1, -0.05) is 152 Å². The van der Waals surface area contributed by atoms with Gasteiger partial charge in [-0.2, -0.15) is 5.48 Å². The zero-order valence-electron chi connectivity index (χ0n) is 36.4. The summed E-state index contributed by atoms with van der Waals surface area (Å²) in [5, 5.41) is 0. The van der Waals surface area contributed by atoms with Gasteiger partial charge in [0.05, 0.1) is 52.3 Å². The van der Waals surface area contributed by atoms with E-state index in [0.717, 1.165) is 27.8 Å². The third-order valence-electron chi connectivity index (χ3n) is 11.9. The van der Waals surface area contributed by atoms with Crippen molar-refractivity contribution < 1.29 is 52.2 Å². The molecule has 0 radical (unpaired) electrons. The summed E-state index contributed by atoms with van der Waals surface area (Å²) in [6.07, 6.45) is -4.90. The van der Waals surface area contributed by atoms with Gasteiger partial charge in [0.25, 0.3) is 0 Å². The first-order valence-electron chi connectivity index (χ1n) is 22.4. The summed E-state index contributed by atoms with van der Waals surface area (Å²) in [4.78, 5) is 6.21. The normalized spacial score (nSPS) is 29.8. The second kappa shape index (κ2) is 21.7. The first-order chi connectivity index (χ1) is 31.4. The number of benzene rings is 5. The van der Waals surface area contributed by atoms with E-state index in [4.69, 9.17) is 52.2 Å². The smallest absolute Gasteiger partial charge is 0.187 e. The molecule has 338 valence electrons. The van der Waals surface area contributed by atoms with Crippen molar-refractivity contribution in [1.29, 1.82) is 0 Å². The molecule has 2 unspecified atom stereocenters. The van der Waals surface area contributed by atoms with Gasteiger partial charge in [0.15, 0.2) is 18.4 Å². The van der Waals surface area contributed by atoms with Crippen molar-refractivity contribution in [1.82, 2.24) is 5.48 Å². The van der Waals surface area contributed by atoms with Crippen molar-refractivity contribution in [2.24, 2.45) is 0 Å². The molecule has 0 bridgehead atoms. The lowest BCUT2D eigenvalue weighted by molar-refractivity contribution is -0.331. The summed E-state index contributed by atoms with van der Waals surface area (Å²) in [6, 6.07) is 50.1. The molecule has 12 heteroatoms. The van der Waals surface area contributed by atoms with Gasteiger partial charge in [-0.15, -0.1) is 0 Å². The van der Waals surface area contributed by atoms with Crippen LogP contribution < -0.4 is 5.48 Å². The average Bonchev–Trinajstić information content (AvgIpc) is 4.03. The maximum absolute atomic E-state index is 6.92. The zero-order chi connectivity index (χ0) is 43.6. The van der Waals surface area contributed by atoms with Crippen LogP contribution in [0.4, 0.5) is 0 Å². The molecule has 4 heterocycles. The fraction of sp³-hybridized carbons (Fsp3) is 0.423. The van der Waals surface area contributed by atoms with Crippen LogP contribution in [-0.4, -0.2) is 86.5 Å². The molecule has 5 aromatic carbocycles. The maximum atomic E-state index is 6.92. The third kappa shape index (κ3) is 11.7. The molecule has 9 rings (SSSR count). The molecule has 0 saturated carbocycles. The Balaban J connectivity index is 0.933. The maximum Gasteiger partial charge on any atom is 0.187 e. The number of fused-ring (bicyclic) bond motifs is 1. The van der Waals surface area contributed by atoms with Crippen LogP contribution in [0.1, 0.15) is 48.1 Å². The minimum atomic E-state index is -0.871. The molecule has 0 aliphatic carbocycles. The highest BCUT2D eigenvalue weighted by atomic mass is 16.8. The molecule has 4 aliphatic heterocycles. The standard InChI is InChI=1S/C52H59NO11/c1-52(2)62-47-44(61-51(49(47)63-52)58-33-40-26-16-7-17-27-40)42-28-41(64-53-42)34-59-50-48(57-32-39-24-14-6-15-25-39)46(56-31-38-22-12-5-13-23-38)45(55-30-37-20-10-4-11-21-37)43(60-50)35-54-29-36-18-8-3-9-19-36/h3-27,41-51,53H,28-35H2,1-2H3/t41-,42+,43+,44?,45+,46-,47+,48+,49-,50-,51?/m0/s1. The SMILES string of the molecule is CC1(C)O[C@@H]2C(OCc3ccccc3)OC([C@H]3C[C@@H](CO[C@H]4O[C@H](COCc5ccccc5)[C@@H](OCc5ccccc5)[C@H](OCc5ccccc5)[C@H]4OCc4ccccc4)ON3)[C@H]2O1. The summed E-state index contributed by atoms with van der Waals surface area (Å²) in [6.45, 7) is 6.00. The molecule has 0 amide bonds. The fourth-order valence-corrected chi connectivity index (χ4v) is 8.75. The second-order valence-electron chi connectivity index (χ2n) is 17.2. The number of rotatable bonds is 20. The average molecular weight is 874 g/mol. The Morgan fingerprint density at radius 1 is 0.469 bits per heavy atom. The van der Waals surface area contributed by atoms with E-state index in [-0.39, 0.29) is 31.5 Å². The first kappa shape index (κ1) is 44.8. The number of hydrogen-bond donors (Lipinski definition) is 1. The van der Waals surface area contributed by atoms with Crippen molar-refractivity contribution >= 4 is 0 Å². The van der Waals surface area contributed by atoms with Crippen LogP contribution >= 0.6 is 0 Å². The number of hydroxylamine groups is 1. The van der Waals surface area contributed by atoms with Crippen LogP contribution in [0.3, 0.4) is 0 Å². The fourth-order valence-electron chi connectivity index (χ4n) is 8.75. The van der Waals surface area contributed by atoms with Gasteiger partial charge in [0.2, 0.25) is 0 Å². The number of nitrogens with one attached hydrogen (secondary N) is 1. The van der Waals surface area contributed by atoms with Gasteiger partial charge in [-0.25, -0.2) is 0 Å². The molecule has 0 aromatic heterocycles. The molecule has 4 fully saturated rings. The van der Waals surface area contributed by atoms with Crippen molar-refractivity contribution in [3.8, 4) is 0 Å². The molecule has 12 nitrogen and oxygen atoms in total. The summed E-state index contributed by atoms with van der Waals surface area (Å²) >= 11 is 0. The summed E-state index contributed by atoms with van der Waals surface area (Å²) < 4.78 is 66.2. The largest absolute Gasteiger partial charge is 0.374 e. The number of ether oxygens (including phenoxy) is 10. The Bertz CT molecular complexity index is 2120. The van der Waals surface area contributed by atoms with E-state index < -0.39 is 55.0 Å². The van der Waals surface area contributed by atoms with Crippen molar-refractivity contribution in [2.75, 3.05) is 13.2 Å². The highest BCUT2D eigenvalue weighted by Gasteiger charge is 2.59. The highest BCUT2D eigenvalue weighted by Crippen LogP contribution is 2.42. The van der Waals surface area contributed by atoms with E-state index in [1.165, 1.54) is 0 Å². The van der Waals surface area contributed by atoms with Crippen LogP contribution in [-0.2, 0) is 85.2 Å². The summed E-state index contributed by atoms with van der Waals surface area (Å²) in [7, 11) is 0. The zero-order valence-corrected chi connectivity index (χ0v) is 36.4. The third-order valence-corrected chi connectivity index (χ3v) is 11.9. The van der Waals surface area contributed by atoms with Crippen molar-refractivity contribution in [3.05, 3.63) is 179 Å². The monoisotopic (exact) mass is 873 g/mol. The Morgan fingerprint density at radius 3 is 1.48 bits per heavy atom. The molecular weight excluding hydrogens is 815 g/mol. The van der Waals surface area contributed by atoms with Crippen LogP contribution in [0.25, 0.3) is 0 Å². The second-order valence-corrected chi connectivity index (χ2v) is 17.2. The lowest BCUT2D eigenvalue weighted by atomic mass is 9.97. The summed E-state index contributed by atoms with van der Waals surface area (Å²) in [5.74, 6) is -0.788. The molecule has 1 N–H and O–H groups in total. The quantitative estimate of drug-likeness (QED) is 0.0823. The van der Waals surface area contributed by atoms with Crippen molar-refractivity contribution in [2.45, 2.75) is 127 Å². The molecule has 11 atom stereocenters. The molecule has 64 heavy (non-hydrogen) atoms. The van der Waals surface area contributed by atoms with Gasteiger partial charge >= 0.3 is 0 Å². The van der Waals surface area contributed by atoms with Crippen LogP contribution in [0.2, 0.25) is 0 Å². The Hall–Kier alpha value is -4.38. The molecule has 4 aliphatic rings. The van der Waals surface area contributed by atoms with E-state index in [2.05, 4.69) is 5.48 Å². The van der Waals surface area contributed by atoms with Gasteiger partial charge in [0, 0.05) is 0 Å². The van der Waals surface area contributed by atoms with Gasteiger partial charge in [0.1, 0.15) is 48.8 Å². The Labute approximate surface area is 375 Å². The minimum absolute atomic E-state index is 0.190. The van der Waals surface area contributed by atoms with E-state index in [1.54, 1.807) is 0 Å². The van der Waals surface area contributed by atoms with Crippen LogP contribution in [0, 0.1) is 0 Å². The van der Waals surface area contributed by atoms with E-state index >= 15 is 0 Å². The molecule has 0 spiro atoms. The molecule has 4 saturated heterocycles. The predicted molar refractivity (Wildman–Crippen MR) is 236 cm³/mol. The van der Waals surface area contributed by atoms with Gasteiger partial charge in [-0.05, 0) is 48.1 Å². The highest BCUT2D eigenvalue weighted by molar-refractivity contribution is 5.17. The topological polar surface area (TPSA) is 114 Å². The van der Waals surface area contributed by atoms with E-state index in [1.807, 2.05) is 166 Å². The van der Waals surface area contributed by atoms with Gasteiger partial charge < -0.3 is 47.4 Å².